The molecule has 2 aliphatic rings. The highest BCUT2D eigenvalue weighted by Gasteiger charge is 2.38. The van der Waals surface area contributed by atoms with Crippen molar-refractivity contribution in [3.63, 3.8) is 0 Å². The number of halogens is 3. The number of nitrogens with one attached hydrogen (secondary N) is 1. The summed E-state index contributed by atoms with van der Waals surface area (Å²) >= 11 is 11.9. The Kier molecular flexibility index (Phi) is 5.42. The van der Waals surface area contributed by atoms with E-state index < -0.39 is 0 Å². The van der Waals surface area contributed by atoms with Crippen molar-refractivity contribution in [2.75, 3.05) is 26.2 Å². The van der Waals surface area contributed by atoms with Crippen LogP contribution < -0.4 is 5.32 Å². The number of rotatable bonds is 1. The van der Waals surface area contributed by atoms with Gasteiger partial charge in [0.15, 0.2) is 0 Å². The molecule has 1 spiro atoms. The van der Waals surface area contributed by atoms with Gasteiger partial charge in [0, 0.05) is 25.2 Å². The van der Waals surface area contributed by atoms with E-state index >= 15 is 0 Å². The number of carbonyl (C=O) groups is 1. The maximum Gasteiger partial charge on any atom is 0.253 e. The van der Waals surface area contributed by atoms with Crippen LogP contribution >= 0.6 is 35.6 Å². The molecule has 0 aromatic heterocycles. The van der Waals surface area contributed by atoms with Gasteiger partial charge >= 0.3 is 0 Å². The molecule has 3 rings (SSSR count). The number of amides is 1. The topological polar surface area (TPSA) is 32.3 Å². The number of hydrogen-bond donors (Lipinski definition) is 1. The third-order valence-corrected chi connectivity index (χ3v) is 5.35. The second kappa shape index (κ2) is 6.74. The minimum absolute atomic E-state index is 0. The maximum atomic E-state index is 12.5. The lowest BCUT2D eigenvalue weighted by molar-refractivity contribution is 0.0607. The molecule has 0 unspecified atom stereocenters. The largest absolute Gasteiger partial charge is 0.339 e. The first-order valence-corrected chi connectivity index (χ1v) is 7.80. The van der Waals surface area contributed by atoms with E-state index in [9.17, 15) is 4.79 Å². The zero-order chi connectivity index (χ0) is 14.2. The molecule has 2 fully saturated rings. The summed E-state index contributed by atoms with van der Waals surface area (Å²) in [5.41, 5.74) is 1.05. The smallest absolute Gasteiger partial charge is 0.253 e. The van der Waals surface area contributed by atoms with Gasteiger partial charge < -0.3 is 10.2 Å². The SMILES string of the molecule is Cl.O=C(c1ccc(Cl)c(Cl)c1)N1CCC2(CCNC2)CC1. The Morgan fingerprint density at radius 3 is 2.43 bits per heavy atom. The number of likely N-dealkylation sites (tertiary alicyclic amines) is 1. The molecule has 0 atom stereocenters. The second-order valence-corrected chi connectivity index (χ2v) is 6.66. The van der Waals surface area contributed by atoms with Gasteiger partial charge in [-0.2, -0.15) is 0 Å². The van der Waals surface area contributed by atoms with Crippen LogP contribution in [0, 0.1) is 5.41 Å². The average Bonchev–Trinajstić information content (AvgIpc) is 2.90. The molecule has 2 aliphatic heterocycles. The van der Waals surface area contributed by atoms with Crippen LogP contribution in [0.5, 0.6) is 0 Å². The molecule has 1 aromatic carbocycles. The van der Waals surface area contributed by atoms with Gasteiger partial charge in [0.1, 0.15) is 0 Å². The molecule has 1 aromatic rings. The number of piperidine rings is 1. The third-order valence-electron chi connectivity index (χ3n) is 4.61. The molecule has 0 aliphatic carbocycles. The van der Waals surface area contributed by atoms with Gasteiger partial charge in [-0.15, -0.1) is 12.4 Å². The minimum Gasteiger partial charge on any atom is -0.339 e. The van der Waals surface area contributed by atoms with Gasteiger partial charge in [-0.1, -0.05) is 23.2 Å². The van der Waals surface area contributed by atoms with Gasteiger partial charge in [-0.3, -0.25) is 4.79 Å². The van der Waals surface area contributed by atoms with Crippen LogP contribution in [0.25, 0.3) is 0 Å². The van der Waals surface area contributed by atoms with Crippen molar-refractivity contribution in [1.82, 2.24) is 10.2 Å². The van der Waals surface area contributed by atoms with Gasteiger partial charge in [0.25, 0.3) is 5.91 Å². The van der Waals surface area contributed by atoms with E-state index in [2.05, 4.69) is 5.32 Å². The Bertz CT molecular complexity index is 520. The molecule has 2 saturated heterocycles. The Hall–Kier alpha value is -0.480. The molecule has 0 radical (unpaired) electrons. The fourth-order valence-corrected chi connectivity index (χ4v) is 3.52. The van der Waals surface area contributed by atoms with Crippen LogP contribution in [0.2, 0.25) is 10.0 Å². The van der Waals surface area contributed by atoms with Crippen LogP contribution in [0.1, 0.15) is 29.6 Å². The molecule has 3 nitrogen and oxygen atoms in total. The molecule has 0 bridgehead atoms. The lowest BCUT2D eigenvalue weighted by Crippen LogP contribution is -2.44. The fraction of sp³-hybridized carbons (Fsp3) is 0.533. The summed E-state index contributed by atoms with van der Waals surface area (Å²) in [5.74, 6) is 0.0596. The first kappa shape index (κ1) is 16.9. The lowest BCUT2D eigenvalue weighted by Gasteiger charge is -2.38. The third kappa shape index (κ3) is 3.48. The highest BCUT2D eigenvalue weighted by atomic mass is 35.5. The van der Waals surface area contributed by atoms with Crippen molar-refractivity contribution in [2.24, 2.45) is 5.41 Å². The van der Waals surface area contributed by atoms with Gasteiger partial charge in [0.05, 0.1) is 10.0 Å². The summed E-state index contributed by atoms with van der Waals surface area (Å²) in [4.78, 5) is 14.4. The second-order valence-electron chi connectivity index (χ2n) is 5.85. The molecular formula is C15H19Cl3N2O. The van der Waals surface area contributed by atoms with Crippen LogP contribution in [0.15, 0.2) is 18.2 Å². The van der Waals surface area contributed by atoms with Crippen molar-refractivity contribution in [1.29, 1.82) is 0 Å². The zero-order valence-corrected chi connectivity index (χ0v) is 14.0. The van der Waals surface area contributed by atoms with E-state index in [1.807, 2.05) is 4.90 Å². The first-order valence-electron chi connectivity index (χ1n) is 7.05. The van der Waals surface area contributed by atoms with Crippen molar-refractivity contribution in [3.05, 3.63) is 33.8 Å². The Morgan fingerprint density at radius 2 is 1.86 bits per heavy atom. The number of nitrogens with zero attached hydrogens (tertiary/aromatic N) is 1. The number of carbonyl (C=O) groups excluding carboxylic acids is 1. The summed E-state index contributed by atoms with van der Waals surface area (Å²) in [5, 5.41) is 4.36. The van der Waals surface area contributed by atoms with E-state index in [1.54, 1.807) is 18.2 Å². The van der Waals surface area contributed by atoms with Crippen molar-refractivity contribution >= 4 is 41.5 Å². The predicted molar refractivity (Wildman–Crippen MR) is 88.8 cm³/mol. The van der Waals surface area contributed by atoms with E-state index in [1.165, 1.54) is 6.42 Å². The molecule has 1 N–H and O–H groups in total. The number of hydrogen-bond acceptors (Lipinski definition) is 2. The quantitative estimate of drug-likeness (QED) is 0.839. The molecule has 0 saturated carbocycles. The Balaban J connectivity index is 0.00000161. The summed E-state index contributed by atoms with van der Waals surface area (Å²) in [6, 6.07) is 5.09. The molecule has 6 heteroatoms. The number of benzene rings is 1. The highest BCUT2D eigenvalue weighted by molar-refractivity contribution is 6.42. The van der Waals surface area contributed by atoms with E-state index in [4.69, 9.17) is 23.2 Å². The highest BCUT2D eigenvalue weighted by Crippen LogP contribution is 2.37. The normalized spacial score (nSPS) is 20.4. The molecular weight excluding hydrogens is 331 g/mol. The summed E-state index contributed by atoms with van der Waals surface area (Å²) in [6.07, 6.45) is 3.42. The first-order chi connectivity index (χ1) is 9.60. The van der Waals surface area contributed by atoms with E-state index in [0.29, 0.717) is 21.0 Å². The van der Waals surface area contributed by atoms with Crippen LogP contribution in [0.3, 0.4) is 0 Å². The summed E-state index contributed by atoms with van der Waals surface area (Å²) in [7, 11) is 0. The molecule has 21 heavy (non-hydrogen) atoms. The monoisotopic (exact) mass is 348 g/mol. The van der Waals surface area contributed by atoms with E-state index in [-0.39, 0.29) is 18.3 Å². The maximum absolute atomic E-state index is 12.5. The Morgan fingerprint density at radius 1 is 1.14 bits per heavy atom. The molecule has 1 amide bonds. The fourth-order valence-electron chi connectivity index (χ4n) is 3.22. The van der Waals surface area contributed by atoms with Gasteiger partial charge in [-0.05, 0) is 49.4 Å². The van der Waals surface area contributed by atoms with Gasteiger partial charge in [-0.25, -0.2) is 0 Å². The van der Waals surface area contributed by atoms with Crippen LogP contribution in [-0.2, 0) is 0 Å². The molecule has 116 valence electrons. The minimum atomic E-state index is 0. The molecule has 2 heterocycles. The van der Waals surface area contributed by atoms with Crippen molar-refractivity contribution in [3.8, 4) is 0 Å². The summed E-state index contributed by atoms with van der Waals surface area (Å²) in [6.45, 7) is 3.88. The summed E-state index contributed by atoms with van der Waals surface area (Å²) < 4.78 is 0. The van der Waals surface area contributed by atoms with E-state index in [0.717, 1.165) is 39.0 Å². The Labute approximate surface area is 141 Å². The van der Waals surface area contributed by atoms with Crippen LogP contribution in [0.4, 0.5) is 0 Å². The lowest BCUT2D eigenvalue weighted by atomic mass is 9.78. The van der Waals surface area contributed by atoms with Crippen molar-refractivity contribution in [2.45, 2.75) is 19.3 Å². The van der Waals surface area contributed by atoms with Crippen LogP contribution in [-0.4, -0.2) is 37.0 Å². The predicted octanol–water partition coefficient (Wildman–Crippen LogP) is 3.63. The standard InChI is InChI=1S/C15H18Cl2N2O.ClH/c16-12-2-1-11(9-13(12)17)14(20)19-7-4-15(5-8-19)3-6-18-10-15;/h1-2,9,18H,3-8,10H2;1H. The van der Waals surface area contributed by atoms with Crippen molar-refractivity contribution < 1.29 is 4.79 Å². The zero-order valence-electron chi connectivity index (χ0n) is 11.7. The van der Waals surface area contributed by atoms with Gasteiger partial charge in [0.2, 0.25) is 0 Å². The average molecular weight is 350 g/mol.